The Kier molecular flexibility index (Phi) is 8.11. The Morgan fingerprint density at radius 3 is 1.36 bits per heavy atom. The van der Waals surface area contributed by atoms with Gasteiger partial charge in [-0.15, -0.1) is 0 Å². The molecule has 0 bridgehead atoms. The summed E-state index contributed by atoms with van der Waals surface area (Å²) >= 11 is 1.42. The van der Waals surface area contributed by atoms with Gasteiger partial charge in [0.15, 0.2) is 0 Å². The first kappa shape index (κ1) is 26.1. The Labute approximate surface area is 173 Å². The molecule has 1 fully saturated rings. The van der Waals surface area contributed by atoms with E-state index in [9.17, 15) is 39.5 Å². The Balaban J connectivity index is 2.76. The van der Waals surface area contributed by atoms with Gasteiger partial charge in [-0.3, -0.25) is 0 Å². The fourth-order valence-corrected chi connectivity index (χ4v) is 4.44. The summed E-state index contributed by atoms with van der Waals surface area (Å²) in [6, 6.07) is 0. The van der Waals surface area contributed by atoms with Gasteiger partial charge in [0.25, 0.3) is 5.67 Å². The number of halogens is 10. The van der Waals surface area contributed by atoms with E-state index in [2.05, 4.69) is 6.92 Å². The third kappa shape index (κ3) is 4.26. The molecule has 1 atom stereocenters. The van der Waals surface area contributed by atoms with Crippen molar-refractivity contribution in [2.45, 2.75) is 111 Å². The van der Waals surface area contributed by atoms with Crippen LogP contribution in [0.4, 0.5) is 39.5 Å². The molecule has 0 amide bonds. The Morgan fingerprint density at radius 1 is 0.607 bits per heavy atom. The van der Waals surface area contributed by atoms with Crippen molar-refractivity contribution in [2.24, 2.45) is 0 Å². The lowest BCUT2D eigenvalue weighted by Gasteiger charge is -2.36. The first-order valence-corrected chi connectivity index (χ1v) is 10.5. The first-order valence-electron chi connectivity index (χ1n) is 9.41. The maximum Gasteiger partial charge on any atom is 0.381 e. The van der Waals surface area contributed by atoms with Gasteiger partial charge in [-0.2, -0.15) is 35.1 Å². The summed E-state index contributed by atoms with van der Waals surface area (Å²) in [5, 5.41) is 0. The molecular formula is C18H26F9I. The molecular weight excluding hydrogens is 514 g/mol. The van der Waals surface area contributed by atoms with Gasteiger partial charge in [0, 0.05) is 9.84 Å². The van der Waals surface area contributed by atoms with E-state index in [0.29, 0.717) is 12.8 Å². The highest BCUT2D eigenvalue weighted by Gasteiger charge is 3.00. The van der Waals surface area contributed by atoms with Crippen LogP contribution in [-0.4, -0.2) is 32.8 Å². The Bertz CT molecular complexity index is 491. The zero-order chi connectivity index (χ0) is 22.1. The molecule has 1 saturated carbocycles. The van der Waals surface area contributed by atoms with Crippen LogP contribution in [0.3, 0.4) is 0 Å². The molecule has 0 radical (unpaired) electrons. The largest absolute Gasteiger partial charge is 0.381 e. The van der Waals surface area contributed by atoms with Crippen molar-refractivity contribution >= 4 is 22.6 Å². The van der Waals surface area contributed by atoms with E-state index < -0.39 is 39.2 Å². The summed E-state index contributed by atoms with van der Waals surface area (Å²) in [7, 11) is 0. The second-order valence-corrected chi connectivity index (χ2v) is 10.5. The van der Waals surface area contributed by atoms with Gasteiger partial charge in [-0.25, -0.2) is 4.39 Å². The van der Waals surface area contributed by atoms with Crippen LogP contribution in [0, 0.1) is 0 Å². The van der Waals surface area contributed by atoms with Gasteiger partial charge >= 0.3 is 23.7 Å². The van der Waals surface area contributed by atoms with Gasteiger partial charge in [-0.1, -0.05) is 87.8 Å². The quantitative estimate of drug-likeness (QED) is 0.107. The van der Waals surface area contributed by atoms with Gasteiger partial charge in [0.1, 0.15) is 0 Å². The summed E-state index contributed by atoms with van der Waals surface area (Å²) in [5.74, 6) is -25.4. The lowest BCUT2D eigenvalue weighted by Crippen LogP contribution is -2.57. The molecule has 0 aromatic heterocycles. The number of rotatable bonds is 11. The van der Waals surface area contributed by atoms with Gasteiger partial charge in [0.2, 0.25) is 0 Å². The predicted octanol–water partition coefficient (Wildman–Crippen LogP) is 8.36. The van der Waals surface area contributed by atoms with Crippen LogP contribution in [0.15, 0.2) is 0 Å². The van der Waals surface area contributed by atoms with E-state index >= 15 is 0 Å². The first-order chi connectivity index (χ1) is 12.5. The SMILES string of the molecule is CCCCCCCCCCC(C)(I)CC1(F)C(F)(F)C(F)(F)C(F)(F)C1(F)F. The minimum absolute atomic E-state index is 0.0303. The average molecular weight is 540 g/mol. The topological polar surface area (TPSA) is 0 Å². The fraction of sp³-hybridized carbons (Fsp3) is 1.00. The number of unbranched alkanes of at least 4 members (excludes halogenated alkanes) is 7. The van der Waals surface area contributed by atoms with Crippen molar-refractivity contribution in [2.75, 3.05) is 0 Å². The molecule has 0 aliphatic heterocycles. The van der Waals surface area contributed by atoms with Crippen molar-refractivity contribution < 1.29 is 39.5 Å². The molecule has 0 saturated heterocycles. The summed E-state index contributed by atoms with van der Waals surface area (Å²) in [6.45, 7) is 3.21. The van der Waals surface area contributed by atoms with E-state index in [1.165, 1.54) is 22.6 Å². The highest BCUT2D eigenvalue weighted by Crippen LogP contribution is 2.71. The molecule has 168 valence electrons. The number of hydrogen-bond donors (Lipinski definition) is 0. The van der Waals surface area contributed by atoms with E-state index in [0.717, 1.165) is 45.4 Å². The Morgan fingerprint density at radius 2 is 0.964 bits per heavy atom. The standard InChI is InChI=1S/C18H26F9I/c1-3-4-5-6-7-8-9-10-11-13(2,28)12-14(19)15(20,21)17(24,25)18(26,27)16(14,22)23/h3-12H2,1-2H3. The molecule has 1 unspecified atom stereocenters. The zero-order valence-corrected chi connectivity index (χ0v) is 18.0. The van der Waals surface area contributed by atoms with Crippen LogP contribution in [0.1, 0.15) is 78.1 Å². The third-order valence-corrected chi connectivity index (χ3v) is 6.26. The highest BCUT2D eigenvalue weighted by molar-refractivity contribution is 14.1. The third-order valence-electron chi connectivity index (χ3n) is 5.34. The molecule has 0 N–H and O–H groups in total. The predicted molar refractivity (Wildman–Crippen MR) is 97.9 cm³/mol. The van der Waals surface area contributed by atoms with Crippen molar-refractivity contribution in [3.63, 3.8) is 0 Å². The molecule has 1 rings (SSSR count). The monoisotopic (exact) mass is 540 g/mol. The number of hydrogen-bond acceptors (Lipinski definition) is 0. The molecule has 0 aromatic carbocycles. The van der Waals surface area contributed by atoms with Crippen LogP contribution in [-0.2, 0) is 0 Å². The molecule has 10 heteroatoms. The molecule has 0 nitrogen and oxygen atoms in total. The van der Waals surface area contributed by atoms with Gasteiger partial charge in [-0.05, 0) is 6.42 Å². The molecule has 1 aliphatic rings. The van der Waals surface area contributed by atoms with Crippen molar-refractivity contribution in [1.82, 2.24) is 0 Å². The summed E-state index contributed by atoms with van der Waals surface area (Å²) in [4.78, 5) is 0. The summed E-state index contributed by atoms with van der Waals surface area (Å²) < 4.78 is 121. The van der Waals surface area contributed by atoms with E-state index in [-0.39, 0.29) is 6.42 Å². The summed E-state index contributed by atoms with van der Waals surface area (Å²) in [6.07, 6.45) is 5.20. The minimum atomic E-state index is -6.48. The highest BCUT2D eigenvalue weighted by atomic mass is 127. The molecule has 1 aliphatic carbocycles. The van der Waals surface area contributed by atoms with Crippen LogP contribution in [0.5, 0.6) is 0 Å². The van der Waals surface area contributed by atoms with Crippen LogP contribution in [0.2, 0.25) is 0 Å². The van der Waals surface area contributed by atoms with E-state index in [4.69, 9.17) is 0 Å². The number of alkyl halides is 10. The molecule has 28 heavy (non-hydrogen) atoms. The maximum absolute atomic E-state index is 14.6. The van der Waals surface area contributed by atoms with E-state index in [1.807, 2.05) is 0 Å². The summed E-state index contributed by atoms with van der Waals surface area (Å²) in [5.41, 5.74) is -5.34. The lowest BCUT2D eigenvalue weighted by molar-refractivity contribution is -0.303. The van der Waals surface area contributed by atoms with Gasteiger partial charge in [0.05, 0.1) is 0 Å². The average Bonchev–Trinajstić information content (AvgIpc) is 2.59. The van der Waals surface area contributed by atoms with E-state index in [1.54, 1.807) is 0 Å². The fourth-order valence-electron chi connectivity index (χ4n) is 3.53. The zero-order valence-electron chi connectivity index (χ0n) is 15.9. The normalized spacial score (nSPS) is 26.1. The minimum Gasteiger partial charge on any atom is -0.230 e. The lowest BCUT2D eigenvalue weighted by atomic mass is 9.84. The van der Waals surface area contributed by atoms with Crippen LogP contribution in [0.25, 0.3) is 0 Å². The molecule has 0 heterocycles. The van der Waals surface area contributed by atoms with Crippen LogP contribution >= 0.6 is 22.6 Å². The van der Waals surface area contributed by atoms with Crippen LogP contribution < -0.4 is 0 Å². The molecule has 0 aromatic rings. The van der Waals surface area contributed by atoms with Crippen molar-refractivity contribution in [1.29, 1.82) is 0 Å². The maximum atomic E-state index is 14.6. The second kappa shape index (κ2) is 8.69. The van der Waals surface area contributed by atoms with Gasteiger partial charge < -0.3 is 0 Å². The smallest absolute Gasteiger partial charge is 0.230 e. The van der Waals surface area contributed by atoms with Crippen molar-refractivity contribution in [3.05, 3.63) is 0 Å². The second-order valence-electron chi connectivity index (χ2n) is 7.91. The molecule has 0 spiro atoms. The Hall–Kier alpha value is 0.1000. The van der Waals surface area contributed by atoms with Crippen molar-refractivity contribution in [3.8, 4) is 0 Å².